The van der Waals surface area contributed by atoms with Crippen molar-refractivity contribution >= 4 is 28.6 Å². The Balaban J connectivity index is 1.45. The number of nitrogens with two attached hydrogens (primary N) is 1. The first kappa shape index (κ1) is 25.4. The summed E-state index contributed by atoms with van der Waals surface area (Å²) in [6.45, 7) is 5.16. The van der Waals surface area contributed by atoms with Gasteiger partial charge in [0.1, 0.15) is 5.65 Å². The highest BCUT2D eigenvalue weighted by atomic mass is 35.5. The van der Waals surface area contributed by atoms with Gasteiger partial charge >= 0.3 is 0 Å². The van der Waals surface area contributed by atoms with Crippen LogP contribution < -0.4 is 16.6 Å². The van der Waals surface area contributed by atoms with E-state index in [1.807, 2.05) is 56.3 Å². The molecule has 1 aliphatic rings. The molecular weight excluding hydrogens is 484 g/mol. The quantitative estimate of drug-likeness (QED) is 0.321. The zero-order valence-electron chi connectivity index (χ0n) is 21.4. The maximum atomic E-state index is 13.6. The molecule has 1 fully saturated rings. The Morgan fingerprint density at radius 2 is 1.89 bits per heavy atom. The topological polar surface area (TPSA) is 98.7 Å². The molecule has 0 saturated heterocycles. The first-order valence-corrected chi connectivity index (χ1v) is 13.5. The van der Waals surface area contributed by atoms with Crippen molar-refractivity contribution in [2.45, 2.75) is 58.5 Å². The van der Waals surface area contributed by atoms with Gasteiger partial charge in [-0.15, -0.1) is 0 Å². The van der Waals surface area contributed by atoms with Gasteiger partial charge in [-0.05, 0) is 82.7 Å². The van der Waals surface area contributed by atoms with Crippen molar-refractivity contribution in [1.29, 1.82) is 0 Å². The van der Waals surface area contributed by atoms with Gasteiger partial charge in [-0.3, -0.25) is 14.3 Å². The highest BCUT2D eigenvalue weighted by Gasteiger charge is 2.22. The van der Waals surface area contributed by atoms with Gasteiger partial charge in [0, 0.05) is 51.6 Å². The van der Waals surface area contributed by atoms with Crippen LogP contribution in [0.2, 0.25) is 5.02 Å². The van der Waals surface area contributed by atoms with Gasteiger partial charge in [-0.1, -0.05) is 29.8 Å². The van der Waals surface area contributed by atoms with E-state index in [9.17, 15) is 4.79 Å². The lowest BCUT2D eigenvalue weighted by Gasteiger charge is -2.28. The molecule has 192 valence electrons. The van der Waals surface area contributed by atoms with Gasteiger partial charge in [-0.2, -0.15) is 4.98 Å². The van der Waals surface area contributed by atoms with Crippen molar-refractivity contribution in [3.05, 3.63) is 69.7 Å². The summed E-state index contributed by atoms with van der Waals surface area (Å²) in [6.07, 6.45) is 7.39. The summed E-state index contributed by atoms with van der Waals surface area (Å²) in [7, 11) is 0. The number of nitrogens with one attached hydrogen (secondary N) is 1. The molecule has 0 aliphatic heterocycles. The van der Waals surface area contributed by atoms with E-state index < -0.39 is 0 Å². The highest BCUT2D eigenvalue weighted by Crippen LogP contribution is 2.32. The smallest absolute Gasteiger partial charge is 0.260 e. The maximum absolute atomic E-state index is 13.6. The van der Waals surface area contributed by atoms with E-state index in [1.165, 1.54) is 12.8 Å². The summed E-state index contributed by atoms with van der Waals surface area (Å²) in [6, 6.07) is 13.8. The molecule has 1 aromatic carbocycles. The first-order chi connectivity index (χ1) is 18.0. The molecule has 8 heteroatoms. The molecule has 0 radical (unpaired) electrons. The number of anilines is 1. The Kier molecular flexibility index (Phi) is 7.53. The lowest BCUT2D eigenvalue weighted by atomic mass is 9.84. The van der Waals surface area contributed by atoms with Crippen LogP contribution >= 0.6 is 11.6 Å². The largest absolute Gasteiger partial charge is 0.351 e. The van der Waals surface area contributed by atoms with Crippen LogP contribution in [-0.2, 0) is 6.54 Å². The Hall–Kier alpha value is -3.29. The van der Waals surface area contributed by atoms with E-state index in [0.717, 1.165) is 54.1 Å². The van der Waals surface area contributed by atoms with Crippen molar-refractivity contribution in [3.8, 4) is 22.4 Å². The van der Waals surface area contributed by atoms with Crippen LogP contribution in [0.4, 0.5) is 5.95 Å². The minimum absolute atomic E-state index is 0.120. The predicted molar refractivity (Wildman–Crippen MR) is 151 cm³/mol. The molecule has 1 aliphatic carbocycles. The maximum Gasteiger partial charge on any atom is 0.260 e. The Labute approximate surface area is 222 Å². The molecule has 7 nitrogen and oxygen atoms in total. The molecule has 0 unspecified atom stereocenters. The number of rotatable bonds is 7. The van der Waals surface area contributed by atoms with Crippen molar-refractivity contribution in [2.24, 2.45) is 11.7 Å². The van der Waals surface area contributed by atoms with Crippen molar-refractivity contribution in [3.63, 3.8) is 0 Å². The number of halogens is 1. The highest BCUT2D eigenvalue weighted by molar-refractivity contribution is 6.33. The fourth-order valence-electron chi connectivity index (χ4n) is 5.33. The molecule has 4 aromatic rings. The normalized spacial score (nSPS) is 17.7. The van der Waals surface area contributed by atoms with Crippen LogP contribution in [0.5, 0.6) is 0 Å². The van der Waals surface area contributed by atoms with Gasteiger partial charge in [0.15, 0.2) is 0 Å². The third-order valence-corrected chi connectivity index (χ3v) is 7.65. The molecule has 0 spiro atoms. The average Bonchev–Trinajstić information content (AvgIpc) is 2.90. The van der Waals surface area contributed by atoms with Gasteiger partial charge in [0.25, 0.3) is 5.56 Å². The number of aromatic nitrogens is 4. The molecule has 0 atom stereocenters. The Morgan fingerprint density at radius 1 is 1.08 bits per heavy atom. The van der Waals surface area contributed by atoms with E-state index in [-0.39, 0.29) is 5.56 Å². The summed E-state index contributed by atoms with van der Waals surface area (Å²) in [5, 5.41) is 4.80. The number of hydrogen-bond acceptors (Lipinski definition) is 6. The molecule has 0 amide bonds. The number of aryl methyl sites for hydroxylation is 2. The molecular formula is C29H33ClN6O. The van der Waals surface area contributed by atoms with Crippen molar-refractivity contribution < 1.29 is 0 Å². The molecule has 3 N–H and O–H groups in total. The second kappa shape index (κ2) is 11.0. The fraction of sp³-hybridized carbons (Fsp3) is 0.379. The Morgan fingerprint density at radius 3 is 2.59 bits per heavy atom. The number of benzene rings is 1. The van der Waals surface area contributed by atoms with Crippen LogP contribution in [0, 0.1) is 12.8 Å². The molecule has 5 rings (SSSR count). The number of pyridine rings is 2. The van der Waals surface area contributed by atoms with E-state index in [1.54, 1.807) is 10.8 Å². The SMILES string of the molecule is CCn1c(=O)c(-c2ccc(-c3cccc(C)n3)cc2Cl)cc2cnc(NC3CCC(CCN)CC3)nc21. The summed E-state index contributed by atoms with van der Waals surface area (Å²) < 4.78 is 1.70. The van der Waals surface area contributed by atoms with Crippen LogP contribution in [0.25, 0.3) is 33.4 Å². The fourth-order valence-corrected chi connectivity index (χ4v) is 5.61. The molecule has 3 heterocycles. The minimum atomic E-state index is -0.120. The first-order valence-electron chi connectivity index (χ1n) is 13.1. The summed E-state index contributed by atoms with van der Waals surface area (Å²) in [5.74, 6) is 1.29. The number of hydrogen-bond donors (Lipinski definition) is 2. The molecule has 0 bridgehead atoms. The van der Waals surface area contributed by atoms with Gasteiger partial charge in [0.2, 0.25) is 5.95 Å². The lowest BCUT2D eigenvalue weighted by molar-refractivity contribution is 0.324. The second-order valence-electron chi connectivity index (χ2n) is 9.88. The summed E-state index contributed by atoms with van der Waals surface area (Å²) in [5.41, 5.74) is 10.1. The second-order valence-corrected chi connectivity index (χ2v) is 10.3. The van der Waals surface area contributed by atoms with Gasteiger partial charge < -0.3 is 11.1 Å². The monoisotopic (exact) mass is 516 g/mol. The summed E-state index contributed by atoms with van der Waals surface area (Å²) >= 11 is 6.71. The zero-order valence-corrected chi connectivity index (χ0v) is 22.1. The van der Waals surface area contributed by atoms with Gasteiger partial charge in [0.05, 0.1) is 5.69 Å². The zero-order chi connectivity index (χ0) is 25.9. The van der Waals surface area contributed by atoms with Gasteiger partial charge in [-0.25, -0.2) is 4.98 Å². The van der Waals surface area contributed by atoms with E-state index >= 15 is 0 Å². The summed E-state index contributed by atoms with van der Waals surface area (Å²) in [4.78, 5) is 27.5. The van der Waals surface area contributed by atoms with E-state index in [2.05, 4.69) is 15.3 Å². The third kappa shape index (κ3) is 5.38. The lowest BCUT2D eigenvalue weighted by Crippen LogP contribution is -2.28. The Bertz CT molecular complexity index is 1480. The van der Waals surface area contributed by atoms with Crippen LogP contribution in [0.3, 0.4) is 0 Å². The van der Waals surface area contributed by atoms with E-state index in [4.69, 9.17) is 22.3 Å². The van der Waals surface area contributed by atoms with Crippen molar-refractivity contribution in [1.82, 2.24) is 19.5 Å². The molecule has 1 saturated carbocycles. The predicted octanol–water partition coefficient (Wildman–Crippen LogP) is 5.82. The molecule has 37 heavy (non-hydrogen) atoms. The van der Waals surface area contributed by atoms with E-state index in [0.29, 0.717) is 40.3 Å². The van der Waals surface area contributed by atoms with Crippen LogP contribution in [0.1, 0.15) is 44.7 Å². The van der Waals surface area contributed by atoms with Crippen molar-refractivity contribution in [2.75, 3.05) is 11.9 Å². The molecule has 3 aromatic heterocycles. The van der Waals surface area contributed by atoms with Crippen LogP contribution in [0.15, 0.2) is 53.5 Å². The minimum Gasteiger partial charge on any atom is -0.351 e. The standard InChI is InChI=1S/C29H33ClN6O/c1-3-36-27-21(17-32-29(35-27)34-22-10-7-19(8-11-22)13-14-31)15-24(28(36)37)23-12-9-20(16-25(23)30)26-6-4-5-18(2)33-26/h4-6,9,12,15-17,19,22H,3,7-8,10-11,13-14,31H2,1-2H3,(H,32,34,35). The average molecular weight is 517 g/mol. The third-order valence-electron chi connectivity index (χ3n) is 7.34. The van der Waals surface area contributed by atoms with Crippen LogP contribution in [-0.4, -0.2) is 32.1 Å². The number of nitrogens with zero attached hydrogens (tertiary/aromatic N) is 4. The number of fused-ring (bicyclic) bond motifs is 1.